The number of methoxy groups -OCH3 is 1. The number of amides is 1. The molecule has 2 rings (SSSR count). The topological polar surface area (TPSA) is 38.8 Å². The van der Waals surface area contributed by atoms with Gasteiger partial charge in [0.1, 0.15) is 19.0 Å². The Morgan fingerprint density at radius 1 is 1.13 bits per heavy atom. The van der Waals surface area contributed by atoms with Gasteiger partial charge in [-0.05, 0) is 37.1 Å². The lowest BCUT2D eigenvalue weighted by Crippen LogP contribution is -2.30. The van der Waals surface area contributed by atoms with Crippen molar-refractivity contribution in [2.24, 2.45) is 0 Å². The molecular formula is C19H23NO3. The largest absolute Gasteiger partial charge is 0.489 e. The van der Waals surface area contributed by atoms with Crippen molar-refractivity contribution in [1.82, 2.24) is 0 Å². The first-order valence-electron chi connectivity index (χ1n) is 7.56. The number of likely N-dealkylation sites (N-methyl/N-ethyl adjacent to an activating group) is 1. The van der Waals surface area contributed by atoms with E-state index in [1.54, 1.807) is 11.9 Å². The molecule has 0 N–H and O–H groups in total. The van der Waals surface area contributed by atoms with Gasteiger partial charge in [-0.3, -0.25) is 4.79 Å². The third-order valence-corrected chi connectivity index (χ3v) is 3.72. The molecule has 0 aromatic heterocycles. The van der Waals surface area contributed by atoms with Crippen LogP contribution in [0.3, 0.4) is 0 Å². The van der Waals surface area contributed by atoms with Gasteiger partial charge in [0.25, 0.3) is 5.91 Å². The van der Waals surface area contributed by atoms with Gasteiger partial charge >= 0.3 is 0 Å². The number of nitrogens with zero attached hydrogens (tertiary/aromatic N) is 1. The molecule has 23 heavy (non-hydrogen) atoms. The molecule has 4 nitrogen and oxygen atoms in total. The Labute approximate surface area is 137 Å². The zero-order valence-electron chi connectivity index (χ0n) is 14.1. The van der Waals surface area contributed by atoms with E-state index in [9.17, 15) is 4.79 Å². The van der Waals surface area contributed by atoms with Gasteiger partial charge < -0.3 is 14.4 Å². The summed E-state index contributed by atoms with van der Waals surface area (Å²) in [5, 5.41) is 0. The Bertz CT molecular complexity index is 682. The van der Waals surface area contributed by atoms with E-state index in [0.717, 1.165) is 28.1 Å². The molecule has 0 aliphatic rings. The Morgan fingerprint density at radius 2 is 1.87 bits per heavy atom. The van der Waals surface area contributed by atoms with Crippen molar-refractivity contribution in [3.63, 3.8) is 0 Å². The lowest BCUT2D eigenvalue weighted by molar-refractivity contribution is -0.121. The maximum Gasteiger partial charge on any atom is 0.252 e. The number of para-hydroxylation sites is 1. The van der Waals surface area contributed by atoms with E-state index in [1.165, 1.54) is 7.11 Å². The van der Waals surface area contributed by atoms with Crippen LogP contribution in [0.25, 0.3) is 0 Å². The van der Waals surface area contributed by atoms with E-state index < -0.39 is 0 Å². The molecule has 0 saturated carbocycles. The van der Waals surface area contributed by atoms with Gasteiger partial charge in [0.15, 0.2) is 0 Å². The molecule has 0 atom stereocenters. The Hall–Kier alpha value is -2.33. The second kappa shape index (κ2) is 7.79. The Balaban J connectivity index is 2.17. The third-order valence-electron chi connectivity index (χ3n) is 3.72. The number of rotatable bonds is 6. The summed E-state index contributed by atoms with van der Waals surface area (Å²) in [5.74, 6) is 0.775. The summed E-state index contributed by atoms with van der Waals surface area (Å²) in [6, 6.07) is 13.9. The first kappa shape index (κ1) is 17.0. The van der Waals surface area contributed by atoms with E-state index in [1.807, 2.05) is 50.2 Å². The fourth-order valence-electron chi connectivity index (χ4n) is 2.33. The van der Waals surface area contributed by atoms with Crippen molar-refractivity contribution in [1.29, 1.82) is 0 Å². The van der Waals surface area contributed by atoms with Crippen LogP contribution >= 0.6 is 0 Å². The van der Waals surface area contributed by atoms with E-state index in [0.29, 0.717) is 6.61 Å². The number of ether oxygens (including phenoxy) is 2. The van der Waals surface area contributed by atoms with Gasteiger partial charge in [-0.15, -0.1) is 0 Å². The number of hydrogen-bond donors (Lipinski definition) is 0. The number of hydrogen-bond acceptors (Lipinski definition) is 3. The molecule has 0 aliphatic carbocycles. The highest BCUT2D eigenvalue weighted by Crippen LogP contribution is 2.24. The Kier molecular flexibility index (Phi) is 5.77. The molecule has 0 bridgehead atoms. The lowest BCUT2D eigenvalue weighted by atomic mass is 10.1. The van der Waals surface area contributed by atoms with Gasteiger partial charge in [-0.2, -0.15) is 0 Å². The summed E-state index contributed by atoms with van der Waals surface area (Å²) in [6.07, 6.45) is 0. The minimum atomic E-state index is -0.0910. The van der Waals surface area contributed by atoms with E-state index >= 15 is 0 Å². The lowest BCUT2D eigenvalue weighted by Gasteiger charge is -2.21. The van der Waals surface area contributed by atoms with Crippen molar-refractivity contribution in [2.45, 2.75) is 20.5 Å². The zero-order valence-corrected chi connectivity index (χ0v) is 14.1. The number of benzene rings is 2. The van der Waals surface area contributed by atoms with Crippen molar-refractivity contribution < 1.29 is 14.3 Å². The molecule has 0 heterocycles. The molecule has 4 heteroatoms. The SMILES string of the molecule is COCC(=O)N(C)c1ccccc1COc1cc(C)ccc1C. The maximum atomic E-state index is 12.0. The van der Waals surface area contributed by atoms with Crippen LogP contribution in [0.1, 0.15) is 16.7 Å². The second-order valence-corrected chi connectivity index (χ2v) is 5.57. The Morgan fingerprint density at radius 3 is 2.61 bits per heavy atom. The second-order valence-electron chi connectivity index (χ2n) is 5.57. The highest BCUT2D eigenvalue weighted by atomic mass is 16.5. The molecule has 1 amide bonds. The number of carbonyl (C=O) groups excluding carboxylic acids is 1. The van der Waals surface area contributed by atoms with Gasteiger partial charge in [-0.25, -0.2) is 0 Å². The van der Waals surface area contributed by atoms with Crippen molar-refractivity contribution in [3.05, 3.63) is 59.2 Å². The van der Waals surface area contributed by atoms with Crippen LogP contribution in [0.2, 0.25) is 0 Å². The number of anilines is 1. The van der Waals surface area contributed by atoms with Crippen LogP contribution in [0.15, 0.2) is 42.5 Å². The zero-order chi connectivity index (χ0) is 16.8. The highest BCUT2D eigenvalue weighted by Gasteiger charge is 2.14. The molecule has 0 saturated heterocycles. The molecule has 0 aliphatic heterocycles. The minimum absolute atomic E-state index is 0.0582. The molecule has 0 radical (unpaired) electrons. The van der Waals surface area contributed by atoms with E-state index in [-0.39, 0.29) is 12.5 Å². The summed E-state index contributed by atoms with van der Waals surface area (Å²) in [7, 11) is 3.26. The van der Waals surface area contributed by atoms with Crippen LogP contribution in [0.5, 0.6) is 5.75 Å². The number of carbonyl (C=O) groups is 1. The molecule has 0 spiro atoms. The summed E-state index contributed by atoms with van der Waals surface area (Å²) < 4.78 is 10.9. The minimum Gasteiger partial charge on any atom is -0.489 e. The smallest absolute Gasteiger partial charge is 0.252 e. The maximum absolute atomic E-state index is 12.0. The molecule has 2 aromatic rings. The molecule has 0 fully saturated rings. The first-order valence-corrected chi connectivity index (χ1v) is 7.56. The van der Waals surface area contributed by atoms with Crippen LogP contribution in [-0.4, -0.2) is 26.7 Å². The summed E-state index contributed by atoms with van der Waals surface area (Å²) >= 11 is 0. The predicted molar refractivity (Wildman–Crippen MR) is 92.0 cm³/mol. The fraction of sp³-hybridized carbons (Fsp3) is 0.316. The van der Waals surface area contributed by atoms with Crippen LogP contribution in [-0.2, 0) is 16.1 Å². The van der Waals surface area contributed by atoms with E-state index in [4.69, 9.17) is 9.47 Å². The summed E-state index contributed by atoms with van der Waals surface area (Å²) in [6.45, 7) is 4.53. The van der Waals surface area contributed by atoms with E-state index in [2.05, 4.69) is 6.07 Å². The third kappa shape index (κ3) is 4.33. The monoisotopic (exact) mass is 313 g/mol. The first-order chi connectivity index (χ1) is 11.0. The van der Waals surface area contributed by atoms with Crippen molar-refractivity contribution in [2.75, 3.05) is 25.7 Å². The quantitative estimate of drug-likeness (QED) is 0.819. The average molecular weight is 313 g/mol. The van der Waals surface area contributed by atoms with Crippen LogP contribution < -0.4 is 9.64 Å². The summed E-state index contributed by atoms with van der Waals surface area (Å²) in [4.78, 5) is 13.6. The molecule has 2 aromatic carbocycles. The van der Waals surface area contributed by atoms with Gasteiger partial charge in [0.05, 0.1) is 0 Å². The normalized spacial score (nSPS) is 10.4. The van der Waals surface area contributed by atoms with Crippen LogP contribution in [0.4, 0.5) is 5.69 Å². The highest BCUT2D eigenvalue weighted by molar-refractivity contribution is 5.94. The standard InChI is InChI=1S/C19H23NO3/c1-14-9-10-15(2)18(11-14)23-12-16-7-5-6-8-17(16)20(3)19(21)13-22-4/h5-11H,12-13H2,1-4H3. The van der Waals surface area contributed by atoms with Crippen molar-refractivity contribution in [3.8, 4) is 5.75 Å². The summed E-state index contributed by atoms with van der Waals surface area (Å²) in [5.41, 5.74) is 4.04. The van der Waals surface area contributed by atoms with Gasteiger partial charge in [-0.1, -0.05) is 30.3 Å². The van der Waals surface area contributed by atoms with Gasteiger partial charge in [0.2, 0.25) is 0 Å². The number of aryl methyl sites for hydroxylation is 2. The fourth-order valence-corrected chi connectivity index (χ4v) is 2.33. The molecule has 122 valence electrons. The average Bonchev–Trinajstić information content (AvgIpc) is 2.55. The molecular weight excluding hydrogens is 290 g/mol. The van der Waals surface area contributed by atoms with Gasteiger partial charge in [0, 0.05) is 25.4 Å². The van der Waals surface area contributed by atoms with Crippen molar-refractivity contribution >= 4 is 11.6 Å². The van der Waals surface area contributed by atoms with Crippen LogP contribution in [0, 0.1) is 13.8 Å². The molecule has 0 unspecified atom stereocenters. The predicted octanol–water partition coefficient (Wildman–Crippen LogP) is 3.49.